The van der Waals surface area contributed by atoms with E-state index >= 15 is 0 Å². The molecule has 1 aliphatic heterocycles. The number of carbonyl (C=O) groups is 3. The number of hydrogen-bond donors (Lipinski definition) is 1. The van der Waals surface area contributed by atoms with Crippen LogP contribution in [-0.4, -0.2) is 50.5 Å². The van der Waals surface area contributed by atoms with Crippen LogP contribution in [0, 0.1) is 0 Å². The SMILES string of the molecule is O=C(O)Cn1nccc1[C@@H]1CCCN(C(=O)CCC(=O)c2ccccc2)C1. The van der Waals surface area contributed by atoms with Gasteiger partial charge in [-0.15, -0.1) is 0 Å². The van der Waals surface area contributed by atoms with Gasteiger partial charge >= 0.3 is 5.97 Å². The Morgan fingerprint density at radius 2 is 1.89 bits per heavy atom. The van der Waals surface area contributed by atoms with E-state index in [1.54, 1.807) is 23.2 Å². The summed E-state index contributed by atoms with van der Waals surface area (Å²) in [7, 11) is 0. The Morgan fingerprint density at radius 1 is 1.11 bits per heavy atom. The lowest BCUT2D eigenvalue weighted by Crippen LogP contribution is -2.39. The molecule has 7 nitrogen and oxygen atoms in total. The number of amides is 1. The third kappa shape index (κ3) is 4.81. The zero-order valence-electron chi connectivity index (χ0n) is 15.1. The van der Waals surface area contributed by atoms with Gasteiger partial charge in [0.25, 0.3) is 0 Å². The van der Waals surface area contributed by atoms with Gasteiger partial charge in [-0.2, -0.15) is 5.10 Å². The van der Waals surface area contributed by atoms with Crippen molar-refractivity contribution in [1.29, 1.82) is 0 Å². The van der Waals surface area contributed by atoms with Crippen LogP contribution < -0.4 is 0 Å². The molecule has 0 bridgehead atoms. The molecule has 27 heavy (non-hydrogen) atoms. The molecule has 0 aliphatic carbocycles. The average Bonchev–Trinajstić information content (AvgIpc) is 3.14. The number of aromatic nitrogens is 2. The normalized spacial score (nSPS) is 16.9. The highest BCUT2D eigenvalue weighted by molar-refractivity contribution is 5.97. The average molecular weight is 369 g/mol. The van der Waals surface area contributed by atoms with E-state index in [4.69, 9.17) is 5.11 Å². The standard InChI is InChI=1S/C20H23N3O4/c24-18(15-5-2-1-3-6-15)8-9-19(25)22-12-4-7-16(13-22)17-10-11-21-23(17)14-20(26)27/h1-3,5-6,10-11,16H,4,7-9,12-14H2,(H,26,27)/t16-/m1/s1. The number of hydrogen-bond acceptors (Lipinski definition) is 4. The van der Waals surface area contributed by atoms with E-state index in [0.717, 1.165) is 18.5 Å². The molecule has 0 spiro atoms. The number of benzene rings is 1. The molecule has 1 aromatic heterocycles. The van der Waals surface area contributed by atoms with Crippen molar-refractivity contribution in [3.8, 4) is 0 Å². The molecule has 1 saturated heterocycles. The maximum Gasteiger partial charge on any atom is 0.325 e. The van der Waals surface area contributed by atoms with E-state index in [2.05, 4.69) is 5.10 Å². The van der Waals surface area contributed by atoms with Crippen molar-refractivity contribution in [3.05, 3.63) is 53.9 Å². The number of nitrogens with zero attached hydrogens (tertiary/aromatic N) is 3. The fourth-order valence-corrected chi connectivity index (χ4v) is 3.54. The van der Waals surface area contributed by atoms with Crippen LogP contribution in [0.1, 0.15) is 47.7 Å². The number of carboxylic acids is 1. The van der Waals surface area contributed by atoms with Crippen molar-refractivity contribution in [1.82, 2.24) is 14.7 Å². The Balaban J connectivity index is 1.58. The highest BCUT2D eigenvalue weighted by Crippen LogP contribution is 2.27. The van der Waals surface area contributed by atoms with Crippen LogP contribution in [0.15, 0.2) is 42.6 Å². The molecule has 1 N–H and O–H groups in total. The highest BCUT2D eigenvalue weighted by Gasteiger charge is 2.27. The minimum atomic E-state index is -0.942. The first-order valence-electron chi connectivity index (χ1n) is 9.14. The molecule has 7 heteroatoms. The Hall–Kier alpha value is -2.96. The van der Waals surface area contributed by atoms with Gasteiger partial charge in [-0.05, 0) is 18.9 Å². The summed E-state index contributed by atoms with van der Waals surface area (Å²) < 4.78 is 1.49. The van der Waals surface area contributed by atoms with Crippen molar-refractivity contribution in [3.63, 3.8) is 0 Å². The molecular weight excluding hydrogens is 346 g/mol. The molecule has 2 heterocycles. The summed E-state index contributed by atoms with van der Waals surface area (Å²) in [6, 6.07) is 10.8. The summed E-state index contributed by atoms with van der Waals surface area (Å²) in [4.78, 5) is 37.5. The van der Waals surface area contributed by atoms with E-state index in [-0.39, 0.29) is 37.0 Å². The highest BCUT2D eigenvalue weighted by atomic mass is 16.4. The number of Topliss-reactive ketones (excluding diaryl/α,β-unsaturated/α-hetero) is 1. The summed E-state index contributed by atoms with van der Waals surface area (Å²) in [5.41, 5.74) is 1.47. The second kappa shape index (κ2) is 8.62. The van der Waals surface area contributed by atoms with Crippen molar-refractivity contribution < 1.29 is 19.5 Å². The second-order valence-electron chi connectivity index (χ2n) is 6.78. The summed E-state index contributed by atoms with van der Waals surface area (Å²) in [6.45, 7) is 1.02. The lowest BCUT2D eigenvalue weighted by Gasteiger charge is -2.33. The number of likely N-dealkylation sites (tertiary alicyclic amines) is 1. The van der Waals surface area contributed by atoms with Gasteiger partial charge in [-0.1, -0.05) is 30.3 Å². The van der Waals surface area contributed by atoms with Gasteiger partial charge in [0.2, 0.25) is 5.91 Å². The van der Waals surface area contributed by atoms with E-state index in [9.17, 15) is 14.4 Å². The number of piperidine rings is 1. The van der Waals surface area contributed by atoms with Crippen molar-refractivity contribution in [2.24, 2.45) is 0 Å². The van der Waals surface area contributed by atoms with Gasteiger partial charge < -0.3 is 10.0 Å². The van der Waals surface area contributed by atoms with E-state index in [1.165, 1.54) is 4.68 Å². The zero-order valence-corrected chi connectivity index (χ0v) is 15.1. The minimum Gasteiger partial charge on any atom is -0.480 e. The Kier molecular flexibility index (Phi) is 6.01. The molecule has 1 atom stereocenters. The van der Waals surface area contributed by atoms with Crippen LogP contribution in [0.2, 0.25) is 0 Å². The lowest BCUT2D eigenvalue weighted by atomic mass is 9.94. The van der Waals surface area contributed by atoms with Crippen molar-refractivity contribution >= 4 is 17.7 Å². The van der Waals surface area contributed by atoms with E-state index in [0.29, 0.717) is 18.7 Å². The maximum absolute atomic E-state index is 12.6. The molecule has 0 unspecified atom stereocenters. The molecule has 1 aliphatic rings. The van der Waals surface area contributed by atoms with Gasteiger partial charge in [0, 0.05) is 49.3 Å². The fraction of sp³-hybridized carbons (Fsp3) is 0.400. The Bertz CT molecular complexity index is 816. The monoisotopic (exact) mass is 369 g/mol. The summed E-state index contributed by atoms with van der Waals surface area (Å²) in [5, 5.41) is 13.1. The minimum absolute atomic E-state index is 0.0305. The first kappa shape index (κ1) is 18.8. The van der Waals surface area contributed by atoms with Crippen molar-refractivity contribution in [2.45, 2.75) is 38.1 Å². The first-order valence-corrected chi connectivity index (χ1v) is 9.14. The number of aliphatic carboxylic acids is 1. The first-order chi connectivity index (χ1) is 13.0. The quantitative estimate of drug-likeness (QED) is 0.756. The van der Waals surface area contributed by atoms with E-state index < -0.39 is 5.97 Å². The third-order valence-corrected chi connectivity index (χ3v) is 4.89. The van der Waals surface area contributed by atoms with Gasteiger partial charge in [-0.3, -0.25) is 19.1 Å². The van der Waals surface area contributed by atoms with Crippen LogP contribution in [0.3, 0.4) is 0 Å². The maximum atomic E-state index is 12.6. The molecule has 3 rings (SSSR count). The van der Waals surface area contributed by atoms with Crippen LogP contribution in [-0.2, 0) is 16.1 Å². The van der Waals surface area contributed by atoms with E-state index in [1.807, 2.05) is 24.3 Å². The Morgan fingerprint density at radius 3 is 2.63 bits per heavy atom. The predicted molar refractivity (Wildman–Crippen MR) is 98.4 cm³/mol. The van der Waals surface area contributed by atoms with Gasteiger partial charge in [-0.25, -0.2) is 0 Å². The lowest BCUT2D eigenvalue weighted by molar-refractivity contribution is -0.138. The predicted octanol–water partition coefficient (Wildman–Crippen LogP) is 2.34. The van der Waals surface area contributed by atoms with Gasteiger partial charge in [0.1, 0.15) is 6.54 Å². The molecule has 1 aromatic carbocycles. The summed E-state index contributed by atoms with van der Waals surface area (Å²) in [6.07, 6.45) is 3.71. The molecule has 1 fully saturated rings. The molecule has 2 aromatic rings. The van der Waals surface area contributed by atoms with Crippen LogP contribution in [0.5, 0.6) is 0 Å². The third-order valence-electron chi connectivity index (χ3n) is 4.89. The van der Waals surface area contributed by atoms with Crippen LogP contribution >= 0.6 is 0 Å². The second-order valence-corrected chi connectivity index (χ2v) is 6.78. The zero-order chi connectivity index (χ0) is 19.2. The molecule has 0 saturated carbocycles. The summed E-state index contributed by atoms with van der Waals surface area (Å²) in [5.74, 6) is -0.942. The number of carbonyl (C=O) groups excluding carboxylic acids is 2. The molecule has 1 amide bonds. The van der Waals surface area contributed by atoms with Crippen LogP contribution in [0.4, 0.5) is 0 Å². The molecule has 142 valence electrons. The topological polar surface area (TPSA) is 92.5 Å². The Labute approximate surface area is 157 Å². The van der Waals surface area contributed by atoms with Gasteiger partial charge in [0.05, 0.1) is 0 Å². The largest absolute Gasteiger partial charge is 0.480 e. The smallest absolute Gasteiger partial charge is 0.325 e. The van der Waals surface area contributed by atoms with Crippen molar-refractivity contribution in [2.75, 3.05) is 13.1 Å². The number of rotatable bonds is 7. The molecular formula is C20H23N3O4. The number of ketones is 1. The van der Waals surface area contributed by atoms with Crippen LogP contribution in [0.25, 0.3) is 0 Å². The summed E-state index contributed by atoms with van der Waals surface area (Å²) >= 11 is 0. The number of carboxylic acid groups (broad SMARTS) is 1. The van der Waals surface area contributed by atoms with Gasteiger partial charge in [0.15, 0.2) is 5.78 Å². The molecule has 0 radical (unpaired) electrons. The fourth-order valence-electron chi connectivity index (χ4n) is 3.54.